The molecule has 27 heavy (non-hydrogen) atoms. The first-order valence-corrected chi connectivity index (χ1v) is 10.3. The number of hydrogen-bond acceptors (Lipinski definition) is 4. The number of alkyl halides is 3. The zero-order valence-electron chi connectivity index (χ0n) is 14.5. The second-order valence-electron chi connectivity index (χ2n) is 6.45. The van der Waals surface area contributed by atoms with Gasteiger partial charge in [0.25, 0.3) is 0 Å². The third-order valence-electron chi connectivity index (χ3n) is 4.25. The molecule has 0 spiro atoms. The molecule has 2 rings (SSSR count). The molecule has 2 unspecified atom stereocenters. The molecule has 6 nitrogen and oxygen atoms in total. The van der Waals surface area contributed by atoms with Crippen molar-refractivity contribution in [3.05, 3.63) is 35.9 Å². The molecule has 0 aliphatic carbocycles. The van der Waals surface area contributed by atoms with Gasteiger partial charge in [-0.1, -0.05) is 30.3 Å². The molecule has 1 aromatic carbocycles. The van der Waals surface area contributed by atoms with Crippen LogP contribution in [0.15, 0.2) is 30.3 Å². The normalized spacial score (nSPS) is 20.8. The summed E-state index contributed by atoms with van der Waals surface area (Å²) in [7, 11) is -3.35. The Morgan fingerprint density at radius 3 is 2.44 bits per heavy atom. The molecule has 10 heteroatoms. The molecule has 0 radical (unpaired) electrons. The number of hydrogen-bond donors (Lipinski definition) is 2. The highest BCUT2D eigenvalue weighted by Crippen LogP contribution is 2.28. The van der Waals surface area contributed by atoms with Gasteiger partial charge in [0.1, 0.15) is 12.0 Å². The quantitative estimate of drug-likeness (QED) is 0.531. The number of amides is 2. The summed E-state index contributed by atoms with van der Waals surface area (Å²) in [5.41, 5.74) is 0.666. The van der Waals surface area contributed by atoms with Crippen molar-refractivity contribution in [2.75, 3.05) is 12.3 Å². The fourth-order valence-electron chi connectivity index (χ4n) is 2.83. The lowest BCUT2D eigenvalue weighted by molar-refractivity contribution is -0.171. The molecule has 2 amide bonds. The van der Waals surface area contributed by atoms with Crippen LogP contribution in [0, 0.1) is 5.92 Å². The molecule has 2 atom stereocenters. The van der Waals surface area contributed by atoms with Crippen molar-refractivity contribution in [1.82, 2.24) is 10.6 Å². The Kier molecular flexibility index (Phi) is 6.85. The Labute approximate surface area is 155 Å². The van der Waals surface area contributed by atoms with Crippen LogP contribution in [-0.2, 0) is 25.2 Å². The highest BCUT2D eigenvalue weighted by molar-refractivity contribution is 7.90. The maximum absolute atomic E-state index is 12.6. The Balaban J connectivity index is 1.74. The molecule has 1 aliphatic rings. The van der Waals surface area contributed by atoms with Crippen molar-refractivity contribution >= 4 is 21.7 Å². The van der Waals surface area contributed by atoms with E-state index in [4.69, 9.17) is 0 Å². The summed E-state index contributed by atoms with van der Waals surface area (Å²) in [6.07, 6.45) is -4.95. The van der Waals surface area contributed by atoms with Gasteiger partial charge >= 0.3 is 6.18 Å². The molecule has 0 saturated carbocycles. The zero-order valence-corrected chi connectivity index (χ0v) is 15.3. The molecular weight excluding hydrogens is 385 g/mol. The van der Waals surface area contributed by atoms with Crippen LogP contribution >= 0.6 is 0 Å². The first kappa shape index (κ1) is 21.2. The summed E-state index contributed by atoms with van der Waals surface area (Å²) in [6, 6.07) is 6.74. The number of carbonyl (C=O) groups excluding carboxylic acids is 2. The zero-order chi connectivity index (χ0) is 20.1. The summed E-state index contributed by atoms with van der Waals surface area (Å²) in [5, 5.41) is 4.24. The van der Waals surface area contributed by atoms with E-state index < -0.39 is 39.8 Å². The number of benzene rings is 1. The van der Waals surface area contributed by atoms with Crippen molar-refractivity contribution in [2.45, 2.75) is 37.2 Å². The fraction of sp³-hybridized carbons (Fsp3) is 0.529. The van der Waals surface area contributed by atoms with Crippen molar-refractivity contribution < 1.29 is 31.2 Å². The average molecular weight is 406 g/mol. The van der Waals surface area contributed by atoms with E-state index in [0.29, 0.717) is 5.56 Å². The van der Waals surface area contributed by atoms with Crippen LogP contribution in [0.5, 0.6) is 0 Å². The van der Waals surface area contributed by atoms with E-state index in [1.807, 2.05) is 5.32 Å². The van der Waals surface area contributed by atoms with Crippen molar-refractivity contribution in [1.29, 1.82) is 0 Å². The van der Waals surface area contributed by atoms with Gasteiger partial charge in [-0.2, -0.15) is 13.2 Å². The van der Waals surface area contributed by atoms with Crippen molar-refractivity contribution in [3.63, 3.8) is 0 Å². The number of halogens is 3. The monoisotopic (exact) mass is 406 g/mol. The van der Waals surface area contributed by atoms with E-state index in [0.717, 1.165) is 0 Å². The highest BCUT2D eigenvalue weighted by Gasteiger charge is 2.45. The molecular formula is C17H21F3N2O4S. The van der Waals surface area contributed by atoms with Crippen molar-refractivity contribution in [3.8, 4) is 0 Å². The SMILES string of the molecule is O=C(NCCCS(=O)(=O)Cc1ccccc1)C1CCC(C(F)(F)F)NC1=O. The van der Waals surface area contributed by atoms with Crippen LogP contribution in [-0.4, -0.2) is 44.7 Å². The largest absolute Gasteiger partial charge is 0.408 e. The molecule has 1 aliphatic heterocycles. The lowest BCUT2D eigenvalue weighted by atomic mass is 9.93. The molecule has 1 heterocycles. The molecule has 0 bridgehead atoms. The van der Waals surface area contributed by atoms with Crippen LogP contribution < -0.4 is 10.6 Å². The van der Waals surface area contributed by atoms with E-state index in [1.165, 1.54) is 0 Å². The van der Waals surface area contributed by atoms with E-state index >= 15 is 0 Å². The third kappa shape index (κ3) is 6.53. The predicted octanol–water partition coefficient (Wildman–Crippen LogP) is 1.56. The number of nitrogens with one attached hydrogen (secondary N) is 2. The molecule has 1 aromatic rings. The number of piperidine rings is 1. The second kappa shape index (κ2) is 8.73. The summed E-state index contributed by atoms with van der Waals surface area (Å²) in [4.78, 5) is 23.7. The van der Waals surface area contributed by atoms with E-state index in [2.05, 4.69) is 5.32 Å². The molecule has 1 saturated heterocycles. The van der Waals surface area contributed by atoms with Crippen LogP contribution in [0.25, 0.3) is 0 Å². The van der Waals surface area contributed by atoms with Crippen LogP contribution in [0.2, 0.25) is 0 Å². The van der Waals surface area contributed by atoms with Gasteiger partial charge in [-0.3, -0.25) is 9.59 Å². The molecule has 150 valence electrons. The van der Waals surface area contributed by atoms with Gasteiger partial charge in [-0.15, -0.1) is 0 Å². The maximum Gasteiger partial charge on any atom is 0.408 e. The molecule has 2 N–H and O–H groups in total. The Hall–Kier alpha value is -2.10. The summed E-state index contributed by atoms with van der Waals surface area (Å²) < 4.78 is 61.9. The lowest BCUT2D eigenvalue weighted by Gasteiger charge is -2.29. The smallest absolute Gasteiger partial charge is 0.355 e. The van der Waals surface area contributed by atoms with E-state index in [1.54, 1.807) is 30.3 Å². The lowest BCUT2D eigenvalue weighted by Crippen LogP contribution is -2.54. The van der Waals surface area contributed by atoms with Gasteiger partial charge in [0.2, 0.25) is 11.8 Å². The summed E-state index contributed by atoms with van der Waals surface area (Å²) in [6.45, 7) is 0.0271. The van der Waals surface area contributed by atoms with Gasteiger partial charge in [0, 0.05) is 6.54 Å². The predicted molar refractivity (Wildman–Crippen MR) is 92.3 cm³/mol. The van der Waals surface area contributed by atoms with Gasteiger partial charge in [0.05, 0.1) is 11.5 Å². The van der Waals surface area contributed by atoms with Gasteiger partial charge in [-0.25, -0.2) is 8.42 Å². The van der Waals surface area contributed by atoms with Crippen LogP contribution in [0.4, 0.5) is 13.2 Å². The van der Waals surface area contributed by atoms with Gasteiger partial charge in [0.15, 0.2) is 9.84 Å². The Morgan fingerprint density at radius 2 is 1.85 bits per heavy atom. The maximum atomic E-state index is 12.6. The molecule has 0 aromatic heterocycles. The number of carbonyl (C=O) groups is 2. The van der Waals surface area contributed by atoms with Gasteiger partial charge < -0.3 is 10.6 Å². The highest BCUT2D eigenvalue weighted by atomic mass is 32.2. The molecule has 1 fully saturated rings. The third-order valence-corrected chi connectivity index (χ3v) is 5.93. The first-order chi connectivity index (χ1) is 12.6. The Morgan fingerprint density at radius 1 is 1.19 bits per heavy atom. The number of rotatable bonds is 7. The minimum absolute atomic E-state index is 0.0271. The number of sulfone groups is 1. The minimum Gasteiger partial charge on any atom is -0.355 e. The van der Waals surface area contributed by atoms with Crippen LogP contribution in [0.1, 0.15) is 24.8 Å². The standard InChI is InChI=1S/C17H21F3N2O4S/c18-17(19,20)14-8-7-13(16(24)22-14)15(23)21-9-4-10-27(25,26)11-12-5-2-1-3-6-12/h1-3,5-6,13-14H,4,7-11H2,(H,21,23)(H,22,24). The van der Waals surface area contributed by atoms with Gasteiger partial charge in [-0.05, 0) is 24.8 Å². The summed E-state index contributed by atoms with van der Waals surface area (Å²) in [5.74, 6) is -3.09. The Bertz CT molecular complexity index is 766. The minimum atomic E-state index is -4.54. The van der Waals surface area contributed by atoms with E-state index in [9.17, 15) is 31.2 Å². The second-order valence-corrected chi connectivity index (χ2v) is 8.64. The van der Waals surface area contributed by atoms with E-state index in [-0.39, 0.29) is 37.3 Å². The van der Waals surface area contributed by atoms with Crippen LogP contribution in [0.3, 0.4) is 0 Å². The topological polar surface area (TPSA) is 92.3 Å². The fourth-order valence-corrected chi connectivity index (χ4v) is 4.26. The average Bonchev–Trinajstić information content (AvgIpc) is 2.58. The van der Waals surface area contributed by atoms with Crippen molar-refractivity contribution in [2.24, 2.45) is 5.92 Å². The first-order valence-electron chi connectivity index (χ1n) is 8.47. The summed E-state index contributed by atoms with van der Waals surface area (Å²) >= 11 is 0.